The molecule has 0 radical (unpaired) electrons. The fraction of sp³-hybridized carbons (Fsp3) is 0.333. The Hall–Kier alpha value is -2.12. The summed E-state index contributed by atoms with van der Waals surface area (Å²) in [5.74, 6) is 0.701. The topological polar surface area (TPSA) is 67.0 Å². The van der Waals surface area contributed by atoms with E-state index >= 15 is 0 Å². The van der Waals surface area contributed by atoms with E-state index in [1.54, 1.807) is 28.9 Å². The highest BCUT2D eigenvalue weighted by atomic mass is 32.1. The summed E-state index contributed by atoms with van der Waals surface area (Å²) in [6, 6.07) is 8.11. The molecule has 0 saturated heterocycles. The summed E-state index contributed by atoms with van der Waals surface area (Å²) in [4.78, 5) is 23.2. The van der Waals surface area contributed by atoms with Crippen LogP contribution in [0, 0.1) is 0 Å². The largest absolute Gasteiger partial charge is 0.444 e. The Labute approximate surface area is 155 Å². The average Bonchev–Trinajstić information content (AvgIpc) is 3.25. The number of carbonyl (C=O) groups excluding carboxylic acids is 1. The molecule has 3 aromatic rings. The Bertz CT molecular complexity index is 844. The molecular weight excluding hydrogens is 354 g/mol. The van der Waals surface area contributed by atoms with Gasteiger partial charge in [-0.15, -0.1) is 22.7 Å². The van der Waals surface area contributed by atoms with Gasteiger partial charge >= 0.3 is 6.09 Å². The molecular formula is C18H21N3O2S2. The van der Waals surface area contributed by atoms with Crippen molar-refractivity contribution in [2.45, 2.75) is 39.3 Å². The van der Waals surface area contributed by atoms with Crippen molar-refractivity contribution in [3.8, 4) is 20.3 Å². The van der Waals surface area contributed by atoms with E-state index in [1.807, 2.05) is 27.7 Å². The van der Waals surface area contributed by atoms with Crippen LogP contribution in [0.25, 0.3) is 20.3 Å². The Morgan fingerprint density at radius 1 is 1.24 bits per heavy atom. The van der Waals surface area contributed by atoms with Crippen LogP contribution in [0.3, 0.4) is 0 Å². The van der Waals surface area contributed by atoms with Gasteiger partial charge in [0.05, 0.1) is 22.8 Å². The Morgan fingerprint density at radius 3 is 2.68 bits per heavy atom. The first kappa shape index (κ1) is 17.7. The highest BCUT2D eigenvalue weighted by molar-refractivity contribution is 7.23. The number of imidazole rings is 1. The van der Waals surface area contributed by atoms with Crippen LogP contribution in [-0.4, -0.2) is 21.7 Å². The van der Waals surface area contributed by atoms with Gasteiger partial charge in [-0.2, -0.15) is 0 Å². The minimum atomic E-state index is -0.521. The van der Waals surface area contributed by atoms with Crippen molar-refractivity contribution in [3.63, 3.8) is 0 Å². The maximum atomic E-state index is 11.9. The third-order valence-electron chi connectivity index (χ3n) is 3.37. The van der Waals surface area contributed by atoms with Crippen molar-refractivity contribution in [1.82, 2.24) is 15.3 Å². The molecule has 3 rings (SSSR count). The molecule has 132 valence electrons. The minimum Gasteiger partial charge on any atom is -0.444 e. The molecule has 0 saturated carbocycles. The van der Waals surface area contributed by atoms with Crippen LogP contribution in [0.5, 0.6) is 0 Å². The van der Waals surface area contributed by atoms with Gasteiger partial charge in [0.1, 0.15) is 11.4 Å². The van der Waals surface area contributed by atoms with Crippen LogP contribution in [0.1, 0.15) is 39.6 Å². The van der Waals surface area contributed by atoms with Crippen LogP contribution in [0.15, 0.2) is 35.8 Å². The van der Waals surface area contributed by atoms with Crippen molar-refractivity contribution in [1.29, 1.82) is 0 Å². The number of rotatable bonds is 4. The Morgan fingerprint density at radius 2 is 2.00 bits per heavy atom. The molecule has 0 aliphatic heterocycles. The van der Waals surface area contributed by atoms with E-state index in [4.69, 9.17) is 4.74 Å². The molecule has 0 unspecified atom stereocenters. The molecule has 25 heavy (non-hydrogen) atoms. The predicted molar refractivity (Wildman–Crippen MR) is 103 cm³/mol. The summed E-state index contributed by atoms with van der Waals surface area (Å²) in [5.41, 5.74) is 0.424. The number of hydrogen-bond donors (Lipinski definition) is 2. The van der Waals surface area contributed by atoms with Crippen LogP contribution >= 0.6 is 22.7 Å². The van der Waals surface area contributed by atoms with E-state index in [1.165, 1.54) is 9.75 Å². The van der Waals surface area contributed by atoms with Gasteiger partial charge in [0, 0.05) is 9.75 Å². The second-order valence-electron chi connectivity index (χ2n) is 6.69. The van der Waals surface area contributed by atoms with Gasteiger partial charge in [-0.25, -0.2) is 9.78 Å². The molecule has 0 bridgehead atoms. The van der Waals surface area contributed by atoms with E-state index in [0.717, 1.165) is 10.6 Å². The molecule has 0 fully saturated rings. The van der Waals surface area contributed by atoms with Crippen molar-refractivity contribution in [2.75, 3.05) is 0 Å². The molecule has 1 atom stereocenters. The van der Waals surface area contributed by atoms with Crippen LogP contribution in [0.2, 0.25) is 0 Å². The number of alkyl carbamates (subject to hydrolysis) is 1. The standard InChI is InChI=1S/C18H21N3O2S2/c1-11(20-17(22)23-18(2,3)4)16-19-10-12(21-16)13-7-8-15(25-13)14-6-5-9-24-14/h5-11H,1-4H3,(H,19,21)(H,20,22)/t11-/m0/s1. The van der Waals surface area contributed by atoms with Crippen LogP contribution in [-0.2, 0) is 4.74 Å². The third kappa shape index (κ3) is 4.49. The molecule has 2 N–H and O–H groups in total. The minimum absolute atomic E-state index is 0.264. The van der Waals surface area contributed by atoms with Gasteiger partial charge < -0.3 is 15.0 Å². The zero-order valence-corrected chi connectivity index (χ0v) is 16.3. The van der Waals surface area contributed by atoms with Crippen molar-refractivity contribution < 1.29 is 9.53 Å². The number of nitrogens with zero attached hydrogens (tertiary/aromatic N) is 1. The van der Waals surface area contributed by atoms with Crippen molar-refractivity contribution in [3.05, 3.63) is 41.7 Å². The molecule has 3 heterocycles. The quantitative estimate of drug-likeness (QED) is 0.637. The summed E-state index contributed by atoms with van der Waals surface area (Å²) >= 11 is 3.45. The number of H-pyrrole nitrogens is 1. The van der Waals surface area contributed by atoms with E-state index in [0.29, 0.717) is 5.82 Å². The summed E-state index contributed by atoms with van der Waals surface area (Å²) in [6.45, 7) is 7.39. The van der Waals surface area contributed by atoms with Gasteiger partial charge in [0.2, 0.25) is 0 Å². The average molecular weight is 376 g/mol. The zero-order valence-electron chi connectivity index (χ0n) is 14.6. The first-order valence-corrected chi connectivity index (χ1v) is 9.70. The van der Waals surface area contributed by atoms with E-state index in [2.05, 4.69) is 44.9 Å². The first-order chi connectivity index (χ1) is 11.8. The van der Waals surface area contributed by atoms with Gasteiger partial charge in [-0.1, -0.05) is 6.07 Å². The van der Waals surface area contributed by atoms with Crippen LogP contribution < -0.4 is 5.32 Å². The molecule has 3 aromatic heterocycles. The number of amides is 1. The fourth-order valence-corrected chi connectivity index (χ4v) is 4.07. The van der Waals surface area contributed by atoms with Gasteiger partial charge in [0.25, 0.3) is 0 Å². The number of nitrogens with one attached hydrogen (secondary N) is 2. The molecule has 1 amide bonds. The lowest BCUT2D eigenvalue weighted by molar-refractivity contribution is 0.0506. The third-order valence-corrected chi connectivity index (χ3v) is 5.56. The number of aromatic nitrogens is 2. The summed E-state index contributed by atoms with van der Waals surface area (Å²) in [6.07, 6.45) is 1.35. The Balaban J connectivity index is 1.69. The normalized spacial score (nSPS) is 12.8. The molecule has 0 aromatic carbocycles. The SMILES string of the molecule is C[C@H](NC(=O)OC(C)(C)C)c1ncc(-c2ccc(-c3cccs3)s2)[nH]1. The Kier molecular flexibility index (Phi) is 4.96. The lowest BCUT2D eigenvalue weighted by Crippen LogP contribution is -2.34. The lowest BCUT2D eigenvalue weighted by Gasteiger charge is -2.21. The second-order valence-corrected chi connectivity index (χ2v) is 8.72. The number of thiophene rings is 2. The van der Waals surface area contributed by atoms with Gasteiger partial charge in [-0.05, 0) is 51.3 Å². The van der Waals surface area contributed by atoms with Gasteiger partial charge in [-0.3, -0.25) is 0 Å². The zero-order chi connectivity index (χ0) is 18.0. The number of carbonyl (C=O) groups is 1. The summed E-state index contributed by atoms with van der Waals surface area (Å²) in [7, 11) is 0. The number of hydrogen-bond acceptors (Lipinski definition) is 5. The van der Waals surface area contributed by atoms with Gasteiger partial charge in [0.15, 0.2) is 0 Å². The smallest absolute Gasteiger partial charge is 0.408 e. The number of aromatic amines is 1. The lowest BCUT2D eigenvalue weighted by atomic mass is 10.2. The molecule has 7 heteroatoms. The second kappa shape index (κ2) is 7.01. The molecule has 0 aliphatic carbocycles. The molecule has 0 aliphatic rings. The maximum Gasteiger partial charge on any atom is 0.408 e. The highest BCUT2D eigenvalue weighted by Gasteiger charge is 2.20. The first-order valence-electron chi connectivity index (χ1n) is 8.00. The van der Waals surface area contributed by atoms with E-state index < -0.39 is 11.7 Å². The molecule has 0 spiro atoms. The summed E-state index contributed by atoms with van der Waals surface area (Å²) < 4.78 is 5.28. The number of ether oxygens (including phenoxy) is 1. The predicted octanol–water partition coefficient (Wildman–Crippen LogP) is 5.45. The maximum absolute atomic E-state index is 11.9. The fourth-order valence-electron chi connectivity index (χ4n) is 2.27. The van der Waals surface area contributed by atoms with Crippen molar-refractivity contribution in [2.24, 2.45) is 0 Å². The molecule has 5 nitrogen and oxygen atoms in total. The monoisotopic (exact) mass is 375 g/mol. The van der Waals surface area contributed by atoms with E-state index in [9.17, 15) is 4.79 Å². The van der Waals surface area contributed by atoms with E-state index in [-0.39, 0.29) is 6.04 Å². The summed E-state index contributed by atoms with van der Waals surface area (Å²) in [5, 5.41) is 4.87. The highest BCUT2D eigenvalue weighted by Crippen LogP contribution is 2.36. The van der Waals surface area contributed by atoms with Crippen LogP contribution in [0.4, 0.5) is 4.79 Å². The van der Waals surface area contributed by atoms with Crippen molar-refractivity contribution >= 4 is 28.8 Å².